The highest BCUT2D eigenvalue weighted by atomic mass is 32.2. The molecule has 0 amide bonds. The van der Waals surface area contributed by atoms with Crippen molar-refractivity contribution in [1.82, 2.24) is 5.43 Å². The van der Waals surface area contributed by atoms with Crippen LogP contribution in [0, 0.1) is 0 Å². The molecule has 0 aliphatic heterocycles. The van der Waals surface area contributed by atoms with Crippen molar-refractivity contribution in [3.8, 4) is 0 Å². The molecule has 2 N–H and O–H groups in total. The van der Waals surface area contributed by atoms with Crippen LogP contribution in [0.1, 0.15) is 32.8 Å². The topological polar surface area (TPSA) is 36.4 Å². The van der Waals surface area contributed by atoms with Gasteiger partial charge in [-0.25, -0.2) is 0 Å². The second-order valence-corrected chi connectivity index (χ2v) is 6.89. The van der Waals surface area contributed by atoms with E-state index in [0.717, 1.165) is 39.9 Å². The first-order chi connectivity index (χ1) is 12.5. The first kappa shape index (κ1) is 21.6. The Morgan fingerprint density at radius 1 is 1.23 bits per heavy atom. The van der Waals surface area contributed by atoms with Crippen molar-refractivity contribution in [2.45, 2.75) is 27.2 Å². The van der Waals surface area contributed by atoms with E-state index >= 15 is 0 Å². The quantitative estimate of drug-likeness (QED) is 0.276. The van der Waals surface area contributed by atoms with E-state index in [1.165, 1.54) is 5.57 Å². The third-order valence-corrected chi connectivity index (χ3v) is 4.52. The van der Waals surface area contributed by atoms with E-state index in [1.807, 2.05) is 37.3 Å². The van der Waals surface area contributed by atoms with Gasteiger partial charge in [0.05, 0.1) is 10.7 Å². The van der Waals surface area contributed by atoms with Crippen molar-refractivity contribution in [1.29, 1.82) is 0 Å². The van der Waals surface area contributed by atoms with Crippen LogP contribution in [0.15, 0.2) is 89.7 Å². The Kier molecular flexibility index (Phi) is 9.95. The molecule has 0 bridgehead atoms. The number of rotatable bonds is 11. The fourth-order valence-corrected chi connectivity index (χ4v) is 2.51. The summed E-state index contributed by atoms with van der Waals surface area (Å²) in [5.41, 5.74) is 8.25. The number of nitrogens with zero attached hydrogens (tertiary/aromatic N) is 1. The number of nitrogens with one attached hydrogen (secondary N) is 2. The highest BCUT2D eigenvalue weighted by Gasteiger charge is 2.01. The maximum Gasteiger partial charge on any atom is 0.0822 e. The summed E-state index contributed by atoms with van der Waals surface area (Å²) in [6.07, 6.45) is 8.62. The predicted molar refractivity (Wildman–Crippen MR) is 120 cm³/mol. The summed E-state index contributed by atoms with van der Waals surface area (Å²) in [7, 11) is 0. The zero-order chi connectivity index (χ0) is 19.4. The minimum absolute atomic E-state index is 0.818. The highest BCUT2D eigenvalue weighted by molar-refractivity contribution is 8.03. The van der Waals surface area contributed by atoms with Crippen molar-refractivity contribution >= 4 is 23.2 Å². The second-order valence-electron chi connectivity index (χ2n) is 5.82. The van der Waals surface area contributed by atoms with Crippen molar-refractivity contribution in [3.63, 3.8) is 0 Å². The summed E-state index contributed by atoms with van der Waals surface area (Å²) in [6.45, 7) is 17.8. The van der Waals surface area contributed by atoms with Gasteiger partial charge in [-0.15, -0.1) is 11.8 Å². The lowest BCUT2D eigenvalue weighted by molar-refractivity contribution is 0.951. The highest BCUT2D eigenvalue weighted by Crippen LogP contribution is 2.16. The number of allylic oxidation sites excluding steroid dienone is 5. The fraction of sp³-hybridized carbons (Fsp3) is 0.227. The van der Waals surface area contributed by atoms with Crippen LogP contribution in [-0.2, 0) is 0 Å². The molecule has 0 aliphatic rings. The maximum atomic E-state index is 4.44. The zero-order valence-corrected chi connectivity index (χ0v) is 16.8. The molecule has 26 heavy (non-hydrogen) atoms. The average molecular weight is 368 g/mol. The summed E-state index contributed by atoms with van der Waals surface area (Å²) >= 11 is 1.63. The average Bonchev–Trinajstić information content (AvgIpc) is 2.64. The summed E-state index contributed by atoms with van der Waals surface area (Å²) in [5, 5.41) is 8.55. The summed E-state index contributed by atoms with van der Waals surface area (Å²) < 4.78 is 0. The van der Waals surface area contributed by atoms with E-state index in [1.54, 1.807) is 17.8 Å². The molecule has 1 aromatic rings. The lowest BCUT2D eigenvalue weighted by Gasteiger charge is -2.10. The van der Waals surface area contributed by atoms with Gasteiger partial charge in [-0.3, -0.25) is 5.43 Å². The molecule has 1 aromatic carbocycles. The molecular formula is C22H29N3S. The number of hydrogen-bond acceptors (Lipinski definition) is 4. The van der Waals surface area contributed by atoms with E-state index in [4.69, 9.17) is 0 Å². The van der Waals surface area contributed by atoms with Crippen LogP contribution in [0.4, 0.5) is 5.69 Å². The Labute approximate surface area is 162 Å². The zero-order valence-electron chi connectivity index (χ0n) is 16.0. The van der Waals surface area contributed by atoms with Crippen LogP contribution in [-0.4, -0.2) is 11.5 Å². The van der Waals surface area contributed by atoms with E-state index in [0.29, 0.717) is 0 Å². The first-order valence-corrected chi connectivity index (χ1v) is 9.57. The number of anilines is 1. The van der Waals surface area contributed by atoms with Gasteiger partial charge in [0, 0.05) is 17.1 Å². The molecule has 0 saturated heterocycles. The number of benzene rings is 1. The van der Waals surface area contributed by atoms with E-state index in [-0.39, 0.29) is 0 Å². The van der Waals surface area contributed by atoms with Crippen LogP contribution < -0.4 is 10.7 Å². The van der Waals surface area contributed by atoms with Gasteiger partial charge in [-0.05, 0) is 38.0 Å². The third-order valence-electron chi connectivity index (χ3n) is 3.48. The smallest absolute Gasteiger partial charge is 0.0822 e. The van der Waals surface area contributed by atoms with Gasteiger partial charge in [0.2, 0.25) is 0 Å². The largest absolute Gasteiger partial charge is 0.359 e. The maximum absolute atomic E-state index is 4.44. The van der Waals surface area contributed by atoms with Crippen molar-refractivity contribution in [3.05, 3.63) is 90.2 Å². The Morgan fingerprint density at radius 3 is 2.69 bits per heavy atom. The Balaban J connectivity index is 2.59. The van der Waals surface area contributed by atoms with Crippen LogP contribution in [0.25, 0.3) is 0 Å². The lowest BCUT2D eigenvalue weighted by Crippen LogP contribution is -2.07. The van der Waals surface area contributed by atoms with Gasteiger partial charge in [0.25, 0.3) is 0 Å². The van der Waals surface area contributed by atoms with Crippen LogP contribution in [0.5, 0.6) is 0 Å². The van der Waals surface area contributed by atoms with Crippen molar-refractivity contribution in [2.24, 2.45) is 5.10 Å². The standard InChI is InChI=1S/C22H29N3S/c1-7-9-10-12-17(3)16-26-20(6)25-24-19(5)21-13-11-14-22(15-21)23-18(4)8-2/h7,9-15,23,25H,1,4,6,8,16H2,2-3,5H3/b10-9-,17-12+,24-19+. The van der Waals surface area contributed by atoms with Crippen LogP contribution >= 0.6 is 11.8 Å². The van der Waals surface area contributed by atoms with E-state index in [2.05, 4.69) is 61.6 Å². The Bertz CT molecular complexity index is 727. The molecule has 0 unspecified atom stereocenters. The Morgan fingerprint density at radius 2 is 2.00 bits per heavy atom. The molecule has 0 heterocycles. The molecule has 0 spiro atoms. The third kappa shape index (κ3) is 8.58. The minimum atomic E-state index is 0.818. The van der Waals surface area contributed by atoms with Gasteiger partial charge in [0.1, 0.15) is 0 Å². The molecule has 0 aliphatic carbocycles. The second kappa shape index (κ2) is 12.0. The summed E-state index contributed by atoms with van der Waals surface area (Å²) in [5.74, 6) is 0.862. The molecule has 0 radical (unpaired) electrons. The summed E-state index contributed by atoms with van der Waals surface area (Å²) in [4.78, 5) is 0. The number of thioether (sulfide) groups is 1. The molecule has 3 nitrogen and oxygen atoms in total. The first-order valence-electron chi connectivity index (χ1n) is 8.58. The molecule has 1 rings (SSSR count). The molecular weight excluding hydrogens is 338 g/mol. The normalized spacial score (nSPS) is 12.1. The van der Waals surface area contributed by atoms with Gasteiger partial charge in [0.15, 0.2) is 0 Å². The summed E-state index contributed by atoms with van der Waals surface area (Å²) in [6, 6.07) is 8.13. The van der Waals surface area contributed by atoms with Crippen LogP contribution in [0.2, 0.25) is 0 Å². The Hall–Kier alpha value is -2.46. The molecule has 0 fully saturated rings. The molecule has 138 valence electrons. The van der Waals surface area contributed by atoms with Crippen LogP contribution in [0.3, 0.4) is 0 Å². The van der Waals surface area contributed by atoms with Gasteiger partial charge in [-0.1, -0.05) is 68.7 Å². The molecule has 0 saturated carbocycles. The van der Waals surface area contributed by atoms with Gasteiger partial charge >= 0.3 is 0 Å². The van der Waals surface area contributed by atoms with Gasteiger partial charge in [-0.2, -0.15) is 5.10 Å². The molecule has 0 atom stereocenters. The van der Waals surface area contributed by atoms with Crippen molar-refractivity contribution in [2.75, 3.05) is 11.1 Å². The monoisotopic (exact) mass is 367 g/mol. The van der Waals surface area contributed by atoms with Crippen molar-refractivity contribution < 1.29 is 0 Å². The SMILES string of the molecule is C=C/C=C\C=C(/C)CSC(=C)N/N=C(\C)c1cccc(NC(=C)CC)c1. The number of hydrogen-bond donors (Lipinski definition) is 2. The van der Waals surface area contributed by atoms with E-state index in [9.17, 15) is 0 Å². The molecule has 0 aromatic heterocycles. The van der Waals surface area contributed by atoms with Gasteiger partial charge < -0.3 is 5.32 Å². The molecule has 4 heteroatoms. The van der Waals surface area contributed by atoms with E-state index < -0.39 is 0 Å². The minimum Gasteiger partial charge on any atom is -0.359 e. The lowest BCUT2D eigenvalue weighted by atomic mass is 10.1. The number of hydrazone groups is 1. The fourth-order valence-electron chi connectivity index (χ4n) is 1.90. The predicted octanol–water partition coefficient (Wildman–Crippen LogP) is 6.23.